The second kappa shape index (κ2) is 7.32. The molecule has 0 aliphatic heterocycles. The van der Waals surface area contributed by atoms with Gasteiger partial charge in [0, 0.05) is 22.3 Å². The van der Waals surface area contributed by atoms with E-state index in [1.54, 1.807) is 11.8 Å². The van der Waals surface area contributed by atoms with E-state index in [9.17, 15) is 0 Å². The molecule has 0 N–H and O–H groups in total. The summed E-state index contributed by atoms with van der Waals surface area (Å²) in [5, 5.41) is 13.2. The van der Waals surface area contributed by atoms with E-state index in [0.717, 1.165) is 11.3 Å². The first-order valence-electron chi connectivity index (χ1n) is 6.27. The number of benzene rings is 1. The zero-order chi connectivity index (χ0) is 14.4. The molecule has 0 aliphatic carbocycles. The molecule has 1 atom stereocenters. The van der Waals surface area contributed by atoms with Crippen LogP contribution in [0.4, 0.5) is 0 Å². The third-order valence-electron chi connectivity index (χ3n) is 2.76. The average Bonchev–Trinajstić information content (AvgIpc) is 2.91. The lowest BCUT2D eigenvalue weighted by atomic mass is 10.1. The normalized spacial score (nSPS) is 12.1. The molecule has 1 unspecified atom stereocenters. The van der Waals surface area contributed by atoms with E-state index >= 15 is 0 Å². The first-order valence-corrected chi connectivity index (χ1v) is 7.63. The van der Waals surface area contributed by atoms with Gasteiger partial charge in [-0.3, -0.25) is 0 Å². The van der Waals surface area contributed by atoms with Gasteiger partial charge in [-0.25, -0.2) is 0 Å². The van der Waals surface area contributed by atoms with E-state index in [1.807, 2.05) is 31.2 Å². The maximum Gasteiger partial charge on any atom is 0.229 e. The molecule has 0 aliphatic rings. The third-order valence-corrected chi connectivity index (χ3v) is 3.98. The monoisotopic (exact) mass is 307 g/mol. The van der Waals surface area contributed by atoms with Gasteiger partial charge in [0.05, 0.1) is 11.8 Å². The molecule has 6 heteroatoms. The van der Waals surface area contributed by atoms with Gasteiger partial charge in [0.15, 0.2) is 5.82 Å². The highest BCUT2D eigenvalue weighted by Gasteiger charge is 2.14. The lowest BCUT2D eigenvalue weighted by Crippen LogP contribution is -1.94. The molecule has 0 fully saturated rings. The molecule has 20 heavy (non-hydrogen) atoms. The van der Waals surface area contributed by atoms with E-state index in [0.29, 0.717) is 28.9 Å². The van der Waals surface area contributed by atoms with Crippen LogP contribution in [0.5, 0.6) is 0 Å². The van der Waals surface area contributed by atoms with Gasteiger partial charge in [0.2, 0.25) is 5.89 Å². The first kappa shape index (κ1) is 14.9. The van der Waals surface area contributed by atoms with Crippen molar-refractivity contribution in [2.75, 3.05) is 0 Å². The van der Waals surface area contributed by atoms with E-state index < -0.39 is 0 Å². The number of thioether (sulfide) groups is 1. The molecule has 1 aromatic carbocycles. The van der Waals surface area contributed by atoms with Crippen LogP contribution in [0.15, 0.2) is 33.7 Å². The SMILES string of the molecule is CC(CCC#N)c1nc(CSc2cccc(Cl)c2)no1. The molecule has 0 amide bonds. The molecular formula is C14H14ClN3OS. The number of halogens is 1. The molecule has 1 aromatic heterocycles. The van der Waals surface area contributed by atoms with Crippen LogP contribution in [0, 0.1) is 11.3 Å². The van der Waals surface area contributed by atoms with Gasteiger partial charge in [0.1, 0.15) is 0 Å². The minimum absolute atomic E-state index is 0.118. The summed E-state index contributed by atoms with van der Waals surface area (Å²) in [5.41, 5.74) is 0. The Labute approximate surface area is 127 Å². The van der Waals surface area contributed by atoms with E-state index in [1.165, 1.54) is 0 Å². The van der Waals surface area contributed by atoms with Crippen molar-refractivity contribution in [3.05, 3.63) is 41.0 Å². The molecular weight excluding hydrogens is 294 g/mol. The predicted molar refractivity (Wildman–Crippen MR) is 78.6 cm³/mol. The Morgan fingerprint density at radius 3 is 3.10 bits per heavy atom. The molecule has 1 heterocycles. The van der Waals surface area contributed by atoms with Crippen molar-refractivity contribution in [2.45, 2.75) is 36.3 Å². The summed E-state index contributed by atoms with van der Waals surface area (Å²) in [5.74, 6) is 2.01. The fraction of sp³-hybridized carbons (Fsp3) is 0.357. The summed E-state index contributed by atoms with van der Waals surface area (Å²) in [6.45, 7) is 1.98. The summed E-state index contributed by atoms with van der Waals surface area (Å²) >= 11 is 7.54. The number of rotatable bonds is 6. The standard InChI is InChI=1S/C14H14ClN3OS/c1-10(4-3-7-16)14-17-13(18-19-14)9-20-12-6-2-5-11(15)8-12/h2,5-6,8,10H,3-4,9H2,1H3. The predicted octanol–water partition coefficient (Wildman–Crippen LogP) is 4.42. The van der Waals surface area contributed by atoms with Crippen molar-refractivity contribution in [1.82, 2.24) is 10.1 Å². The zero-order valence-corrected chi connectivity index (χ0v) is 12.6. The first-order chi connectivity index (χ1) is 9.69. The van der Waals surface area contributed by atoms with E-state index in [4.69, 9.17) is 21.4 Å². The molecule has 0 radical (unpaired) electrons. The van der Waals surface area contributed by atoms with Gasteiger partial charge < -0.3 is 4.52 Å². The smallest absolute Gasteiger partial charge is 0.229 e. The van der Waals surface area contributed by atoms with Gasteiger partial charge >= 0.3 is 0 Å². The molecule has 0 saturated carbocycles. The van der Waals surface area contributed by atoms with Gasteiger partial charge in [-0.15, -0.1) is 11.8 Å². The largest absolute Gasteiger partial charge is 0.339 e. The Kier molecular flexibility index (Phi) is 5.45. The highest BCUT2D eigenvalue weighted by atomic mass is 35.5. The Hall–Kier alpha value is -1.51. The van der Waals surface area contributed by atoms with Crippen LogP contribution in [-0.4, -0.2) is 10.1 Å². The fourth-order valence-electron chi connectivity index (χ4n) is 1.64. The minimum Gasteiger partial charge on any atom is -0.339 e. The second-order valence-corrected chi connectivity index (χ2v) is 5.88. The summed E-state index contributed by atoms with van der Waals surface area (Å²) in [6.07, 6.45) is 1.23. The van der Waals surface area contributed by atoms with Crippen molar-refractivity contribution in [1.29, 1.82) is 5.26 Å². The lowest BCUT2D eigenvalue weighted by molar-refractivity contribution is 0.351. The van der Waals surface area contributed by atoms with Crippen molar-refractivity contribution in [3.63, 3.8) is 0 Å². The average molecular weight is 308 g/mol. The van der Waals surface area contributed by atoms with Gasteiger partial charge in [-0.1, -0.05) is 29.7 Å². The van der Waals surface area contributed by atoms with Crippen LogP contribution in [0.2, 0.25) is 5.02 Å². The molecule has 2 aromatic rings. The Balaban J connectivity index is 1.91. The maximum absolute atomic E-state index is 8.57. The van der Waals surface area contributed by atoms with E-state index in [2.05, 4.69) is 16.2 Å². The molecule has 0 saturated heterocycles. The Morgan fingerprint density at radius 1 is 1.50 bits per heavy atom. The summed E-state index contributed by atoms with van der Waals surface area (Å²) in [7, 11) is 0. The van der Waals surface area contributed by atoms with Crippen LogP contribution in [0.25, 0.3) is 0 Å². The number of hydrogen-bond donors (Lipinski definition) is 0. The van der Waals surface area contributed by atoms with E-state index in [-0.39, 0.29) is 5.92 Å². The van der Waals surface area contributed by atoms with Gasteiger partial charge in [0.25, 0.3) is 0 Å². The van der Waals surface area contributed by atoms with Crippen molar-refractivity contribution >= 4 is 23.4 Å². The van der Waals surface area contributed by atoms with Gasteiger partial charge in [-0.2, -0.15) is 10.2 Å². The van der Waals surface area contributed by atoms with Crippen LogP contribution < -0.4 is 0 Å². The van der Waals surface area contributed by atoms with Crippen LogP contribution in [0.3, 0.4) is 0 Å². The topological polar surface area (TPSA) is 62.7 Å². The fourth-order valence-corrected chi connectivity index (χ4v) is 2.69. The molecule has 0 bridgehead atoms. The third kappa shape index (κ3) is 4.26. The Morgan fingerprint density at radius 2 is 2.35 bits per heavy atom. The Bertz CT molecular complexity index is 608. The second-order valence-electron chi connectivity index (χ2n) is 4.39. The van der Waals surface area contributed by atoms with Crippen molar-refractivity contribution < 1.29 is 4.52 Å². The maximum atomic E-state index is 8.57. The number of nitriles is 1. The molecule has 4 nitrogen and oxygen atoms in total. The van der Waals surface area contributed by atoms with Gasteiger partial charge in [-0.05, 0) is 24.6 Å². The van der Waals surface area contributed by atoms with Crippen molar-refractivity contribution in [2.24, 2.45) is 0 Å². The summed E-state index contributed by atoms with van der Waals surface area (Å²) in [4.78, 5) is 5.43. The zero-order valence-electron chi connectivity index (χ0n) is 11.0. The number of hydrogen-bond acceptors (Lipinski definition) is 5. The number of aromatic nitrogens is 2. The van der Waals surface area contributed by atoms with Crippen LogP contribution in [0.1, 0.15) is 37.4 Å². The highest BCUT2D eigenvalue weighted by molar-refractivity contribution is 7.98. The van der Waals surface area contributed by atoms with Crippen LogP contribution in [-0.2, 0) is 5.75 Å². The summed E-state index contributed by atoms with van der Waals surface area (Å²) in [6, 6.07) is 9.77. The number of nitrogens with zero attached hydrogens (tertiary/aromatic N) is 3. The lowest BCUT2D eigenvalue weighted by Gasteiger charge is -2.01. The quantitative estimate of drug-likeness (QED) is 0.739. The minimum atomic E-state index is 0.118. The highest BCUT2D eigenvalue weighted by Crippen LogP contribution is 2.25. The van der Waals surface area contributed by atoms with Crippen LogP contribution >= 0.6 is 23.4 Å². The summed E-state index contributed by atoms with van der Waals surface area (Å²) < 4.78 is 5.23. The molecule has 104 valence electrons. The molecule has 2 rings (SSSR count). The van der Waals surface area contributed by atoms with Crippen molar-refractivity contribution in [3.8, 4) is 6.07 Å². The molecule has 0 spiro atoms.